The van der Waals surface area contributed by atoms with Crippen molar-refractivity contribution in [2.45, 2.75) is 63.1 Å². The third kappa shape index (κ3) is 3.91. The van der Waals surface area contributed by atoms with E-state index in [1.54, 1.807) is 0 Å². The van der Waals surface area contributed by atoms with E-state index < -0.39 is 0 Å². The molecule has 1 atom stereocenters. The summed E-state index contributed by atoms with van der Waals surface area (Å²) in [6, 6.07) is 10.6. The molecule has 0 aliphatic heterocycles. The SMILES string of the molecule is C[C@H](NC(=O)CSc1nnc(Cc2ccccc2)n1C)C12CC3CC(CC(C3)C1)C2. The number of benzene rings is 1. The van der Waals surface area contributed by atoms with Gasteiger partial charge in [0, 0.05) is 19.5 Å². The van der Waals surface area contributed by atoms with Crippen molar-refractivity contribution in [1.82, 2.24) is 20.1 Å². The van der Waals surface area contributed by atoms with Crippen molar-refractivity contribution < 1.29 is 4.79 Å². The molecule has 30 heavy (non-hydrogen) atoms. The van der Waals surface area contributed by atoms with Gasteiger partial charge in [-0.3, -0.25) is 4.79 Å². The highest BCUT2D eigenvalue weighted by Gasteiger charge is 2.53. The summed E-state index contributed by atoms with van der Waals surface area (Å²) in [7, 11) is 1.98. The van der Waals surface area contributed by atoms with Gasteiger partial charge in [-0.1, -0.05) is 42.1 Å². The van der Waals surface area contributed by atoms with Crippen molar-refractivity contribution in [3.63, 3.8) is 0 Å². The Bertz CT molecular complexity index is 874. The first-order chi connectivity index (χ1) is 14.5. The first kappa shape index (κ1) is 20.1. The van der Waals surface area contributed by atoms with Crippen LogP contribution in [0.4, 0.5) is 0 Å². The Hall–Kier alpha value is -1.82. The number of hydrogen-bond acceptors (Lipinski definition) is 4. The van der Waals surface area contributed by atoms with Crippen LogP contribution in [0.3, 0.4) is 0 Å². The molecule has 1 N–H and O–H groups in total. The molecular formula is C24H32N4OS. The third-order valence-electron chi connectivity index (χ3n) is 7.84. The number of carbonyl (C=O) groups is 1. The zero-order chi connectivity index (χ0) is 20.7. The number of rotatable bonds is 7. The Balaban J connectivity index is 1.16. The topological polar surface area (TPSA) is 59.8 Å². The Labute approximate surface area is 183 Å². The minimum Gasteiger partial charge on any atom is -0.352 e. The van der Waals surface area contributed by atoms with Crippen LogP contribution in [0, 0.1) is 23.2 Å². The second-order valence-electron chi connectivity index (χ2n) is 9.98. The number of hydrogen-bond donors (Lipinski definition) is 1. The van der Waals surface area contributed by atoms with Crippen molar-refractivity contribution in [2.75, 3.05) is 5.75 Å². The van der Waals surface area contributed by atoms with Gasteiger partial charge in [-0.05, 0) is 74.2 Å². The molecule has 4 aliphatic carbocycles. The number of thioether (sulfide) groups is 1. The second kappa shape index (κ2) is 8.03. The predicted octanol–water partition coefficient (Wildman–Crippen LogP) is 4.22. The minimum absolute atomic E-state index is 0.121. The minimum atomic E-state index is 0.121. The van der Waals surface area contributed by atoms with E-state index in [2.05, 4.69) is 34.6 Å². The number of amides is 1. The van der Waals surface area contributed by atoms with Gasteiger partial charge in [0.15, 0.2) is 5.16 Å². The molecule has 1 aromatic carbocycles. The zero-order valence-corrected chi connectivity index (χ0v) is 18.8. The van der Waals surface area contributed by atoms with E-state index in [-0.39, 0.29) is 11.9 Å². The molecule has 4 fully saturated rings. The lowest BCUT2D eigenvalue weighted by atomic mass is 9.48. The molecular weight excluding hydrogens is 392 g/mol. The molecule has 160 valence electrons. The Kier molecular flexibility index (Phi) is 5.38. The number of carbonyl (C=O) groups excluding carboxylic acids is 1. The number of nitrogens with zero attached hydrogens (tertiary/aromatic N) is 3. The fraction of sp³-hybridized carbons (Fsp3) is 0.625. The molecule has 4 aliphatic rings. The smallest absolute Gasteiger partial charge is 0.230 e. The van der Waals surface area contributed by atoms with Gasteiger partial charge in [0.2, 0.25) is 5.91 Å². The molecule has 0 spiro atoms. The highest BCUT2D eigenvalue weighted by molar-refractivity contribution is 7.99. The highest BCUT2D eigenvalue weighted by atomic mass is 32.2. The lowest BCUT2D eigenvalue weighted by Gasteiger charge is -2.59. The van der Waals surface area contributed by atoms with Crippen LogP contribution in [0.15, 0.2) is 35.5 Å². The van der Waals surface area contributed by atoms with Crippen molar-refractivity contribution in [3.8, 4) is 0 Å². The fourth-order valence-electron chi connectivity index (χ4n) is 6.68. The van der Waals surface area contributed by atoms with Crippen molar-refractivity contribution in [1.29, 1.82) is 0 Å². The Morgan fingerprint density at radius 2 is 1.77 bits per heavy atom. The lowest BCUT2D eigenvalue weighted by Crippen LogP contribution is -2.56. The van der Waals surface area contributed by atoms with Gasteiger partial charge >= 0.3 is 0 Å². The van der Waals surface area contributed by atoms with Crippen LogP contribution in [0.25, 0.3) is 0 Å². The summed E-state index contributed by atoms with van der Waals surface area (Å²) in [5.41, 5.74) is 1.56. The van der Waals surface area contributed by atoms with Crippen LogP contribution >= 0.6 is 11.8 Å². The highest BCUT2D eigenvalue weighted by Crippen LogP contribution is 2.61. The molecule has 0 radical (unpaired) electrons. The van der Waals surface area contributed by atoms with E-state index in [9.17, 15) is 4.79 Å². The molecule has 4 saturated carbocycles. The van der Waals surface area contributed by atoms with Crippen molar-refractivity contribution in [2.24, 2.45) is 30.2 Å². The molecule has 1 aromatic heterocycles. The summed E-state index contributed by atoms with van der Waals surface area (Å²) in [5.74, 6) is 4.17. The van der Waals surface area contributed by atoms with Gasteiger partial charge in [-0.15, -0.1) is 10.2 Å². The monoisotopic (exact) mass is 424 g/mol. The van der Waals surface area contributed by atoms with Crippen LogP contribution < -0.4 is 5.32 Å². The molecule has 5 nitrogen and oxygen atoms in total. The maximum absolute atomic E-state index is 12.7. The van der Waals surface area contributed by atoms with Crippen LogP contribution in [-0.2, 0) is 18.3 Å². The second-order valence-corrected chi connectivity index (χ2v) is 10.9. The van der Waals surface area contributed by atoms with Gasteiger partial charge < -0.3 is 9.88 Å². The van der Waals surface area contributed by atoms with Crippen LogP contribution in [0.1, 0.15) is 56.8 Å². The van der Waals surface area contributed by atoms with Gasteiger partial charge in [0.1, 0.15) is 5.82 Å². The van der Waals surface area contributed by atoms with Gasteiger partial charge in [0.25, 0.3) is 0 Å². The molecule has 4 bridgehead atoms. The summed E-state index contributed by atoms with van der Waals surface area (Å²) in [5, 5.41) is 12.8. The lowest BCUT2D eigenvalue weighted by molar-refractivity contribution is -0.123. The normalized spacial score (nSPS) is 30.4. The molecule has 1 heterocycles. The average molecular weight is 425 g/mol. The first-order valence-electron chi connectivity index (χ1n) is 11.3. The van der Waals surface area contributed by atoms with E-state index in [4.69, 9.17) is 0 Å². The van der Waals surface area contributed by atoms with Gasteiger partial charge in [-0.2, -0.15) is 0 Å². The Morgan fingerprint density at radius 3 is 2.40 bits per heavy atom. The first-order valence-corrected chi connectivity index (χ1v) is 12.3. The van der Waals surface area contributed by atoms with E-state index in [1.807, 2.05) is 29.8 Å². The van der Waals surface area contributed by atoms with E-state index in [1.165, 1.54) is 55.9 Å². The zero-order valence-electron chi connectivity index (χ0n) is 18.0. The van der Waals surface area contributed by atoms with Crippen LogP contribution in [-0.4, -0.2) is 32.5 Å². The standard InChI is InChI=1S/C24H32N4OS/c1-16(24-12-18-8-19(13-24)10-20(9-18)14-24)25-22(29)15-30-23-27-26-21(28(23)2)11-17-6-4-3-5-7-17/h3-7,16,18-20H,8-15H2,1-2H3,(H,25,29)/t16-,18?,19?,20?,24?/m0/s1. The van der Waals surface area contributed by atoms with Crippen LogP contribution in [0.5, 0.6) is 0 Å². The van der Waals surface area contributed by atoms with Gasteiger partial charge in [0.05, 0.1) is 5.75 Å². The maximum atomic E-state index is 12.7. The van der Waals surface area contributed by atoms with E-state index in [0.29, 0.717) is 11.2 Å². The molecule has 6 heteroatoms. The van der Waals surface area contributed by atoms with Crippen LogP contribution in [0.2, 0.25) is 0 Å². The summed E-state index contributed by atoms with van der Waals surface area (Å²) in [4.78, 5) is 12.7. The molecule has 1 amide bonds. The molecule has 0 unspecified atom stereocenters. The number of aromatic nitrogens is 3. The largest absolute Gasteiger partial charge is 0.352 e. The van der Waals surface area contributed by atoms with E-state index >= 15 is 0 Å². The summed E-state index contributed by atoms with van der Waals surface area (Å²) >= 11 is 1.48. The third-order valence-corrected chi connectivity index (χ3v) is 8.86. The number of nitrogens with one attached hydrogen (secondary N) is 1. The predicted molar refractivity (Wildman–Crippen MR) is 119 cm³/mol. The average Bonchev–Trinajstić information content (AvgIpc) is 3.05. The van der Waals surface area contributed by atoms with Gasteiger partial charge in [-0.25, -0.2) is 0 Å². The summed E-state index contributed by atoms with van der Waals surface area (Å²) < 4.78 is 2.01. The maximum Gasteiger partial charge on any atom is 0.230 e. The molecule has 0 saturated heterocycles. The Morgan fingerprint density at radius 1 is 1.13 bits per heavy atom. The fourth-order valence-corrected chi connectivity index (χ4v) is 7.42. The van der Waals surface area contributed by atoms with Crippen molar-refractivity contribution in [3.05, 3.63) is 41.7 Å². The quantitative estimate of drug-likeness (QED) is 0.676. The summed E-state index contributed by atoms with van der Waals surface area (Å²) in [6.45, 7) is 2.25. The molecule has 2 aromatic rings. The molecule has 6 rings (SSSR count). The van der Waals surface area contributed by atoms with Crippen molar-refractivity contribution >= 4 is 17.7 Å². The van der Waals surface area contributed by atoms with E-state index in [0.717, 1.165) is 35.2 Å². The summed E-state index contributed by atoms with van der Waals surface area (Å²) in [6.07, 6.45) is 9.02.